The van der Waals surface area contributed by atoms with Crippen molar-refractivity contribution in [2.24, 2.45) is 7.05 Å². The first-order valence-electron chi connectivity index (χ1n) is 5.62. The summed E-state index contributed by atoms with van der Waals surface area (Å²) in [5.41, 5.74) is 1.62. The molecule has 0 radical (unpaired) electrons. The number of amides is 1. The lowest BCUT2D eigenvalue weighted by atomic mass is 10.1. The molecule has 1 aromatic carbocycles. The van der Waals surface area contributed by atoms with Crippen molar-refractivity contribution >= 4 is 21.8 Å². The number of hydrogen-bond acceptors (Lipinski definition) is 2. The van der Waals surface area contributed by atoms with E-state index < -0.39 is 0 Å². The van der Waals surface area contributed by atoms with Crippen LogP contribution in [0.1, 0.15) is 28.9 Å². The van der Waals surface area contributed by atoms with Gasteiger partial charge in [-0.3, -0.25) is 9.48 Å². The monoisotopic (exact) mass is 307 g/mol. The summed E-state index contributed by atoms with van der Waals surface area (Å²) in [4.78, 5) is 12.0. The van der Waals surface area contributed by atoms with Crippen LogP contribution in [0.4, 0.5) is 0 Å². The second-order valence-corrected chi connectivity index (χ2v) is 4.97. The van der Waals surface area contributed by atoms with Gasteiger partial charge in [-0.25, -0.2) is 0 Å². The standard InChI is InChI=1S/C13H14BrN3O/c1-9(11-5-3-4-6-12(11)14)16-13(18)10-7-15-17(2)8-10/h3-9H,1-2H3,(H,16,18). The molecule has 0 aliphatic rings. The smallest absolute Gasteiger partial charge is 0.254 e. The molecule has 18 heavy (non-hydrogen) atoms. The molecule has 1 atom stereocenters. The van der Waals surface area contributed by atoms with Crippen LogP contribution in [0.3, 0.4) is 0 Å². The molecule has 0 aliphatic heterocycles. The van der Waals surface area contributed by atoms with Crippen molar-refractivity contribution in [2.75, 3.05) is 0 Å². The van der Waals surface area contributed by atoms with Gasteiger partial charge in [-0.1, -0.05) is 34.1 Å². The fourth-order valence-corrected chi connectivity index (χ4v) is 2.35. The lowest BCUT2D eigenvalue weighted by Gasteiger charge is -2.15. The van der Waals surface area contributed by atoms with Gasteiger partial charge in [0.25, 0.3) is 5.91 Å². The number of nitrogens with one attached hydrogen (secondary N) is 1. The molecule has 1 amide bonds. The van der Waals surface area contributed by atoms with Gasteiger partial charge in [-0.15, -0.1) is 0 Å². The van der Waals surface area contributed by atoms with Crippen molar-refractivity contribution in [1.82, 2.24) is 15.1 Å². The van der Waals surface area contributed by atoms with Gasteiger partial charge >= 0.3 is 0 Å². The van der Waals surface area contributed by atoms with Gasteiger partial charge in [-0.2, -0.15) is 5.10 Å². The van der Waals surface area contributed by atoms with Crippen LogP contribution in [0.2, 0.25) is 0 Å². The van der Waals surface area contributed by atoms with E-state index in [1.807, 2.05) is 31.2 Å². The van der Waals surface area contributed by atoms with Gasteiger partial charge < -0.3 is 5.32 Å². The van der Waals surface area contributed by atoms with Gasteiger partial charge in [0.2, 0.25) is 0 Å². The second-order valence-electron chi connectivity index (χ2n) is 4.12. The maximum absolute atomic E-state index is 12.0. The Kier molecular flexibility index (Phi) is 3.81. The molecule has 1 N–H and O–H groups in total. The molecule has 0 saturated carbocycles. The van der Waals surface area contributed by atoms with Crippen molar-refractivity contribution in [3.8, 4) is 0 Å². The van der Waals surface area contributed by atoms with Gasteiger partial charge in [0.15, 0.2) is 0 Å². The van der Waals surface area contributed by atoms with Crippen LogP contribution < -0.4 is 5.32 Å². The fourth-order valence-electron chi connectivity index (χ4n) is 1.72. The summed E-state index contributed by atoms with van der Waals surface area (Å²) in [7, 11) is 1.79. The third kappa shape index (κ3) is 2.79. The minimum absolute atomic E-state index is 0.0618. The first kappa shape index (κ1) is 12.8. The zero-order valence-electron chi connectivity index (χ0n) is 10.2. The summed E-state index contributed by atoms with van der Waals surface area (Å²) >= 11 is 3.48. The van der Waals surface area contributed by atoms with E-state index in [0.29, 0.717) is 5.56 Å². The Morgan fingerprint density at radius 1 is 1.44 bits per heavy atom. The van der Waals surface area contributed by atoms with Crippen molar-refractivity contribution in [2.45, 2.75) is 13.0 Å². The summed E-state index contributed by atoms with van der Waals surface area (Å²) in [6.07, 6.45) is 3.25. The highest BCUT2D eigenvalue weighted by molar-refractivity contribution is 9.10. The number of hydrogen-bond donors (Lipinski definition) is 1. The summed E-state index contributed by atoms with van der Waals surface area (Å²) in [5.74, 6) is -0.119. The maximum atomic E-state index is 12.0. The largest absolute Gasteiger partial charge is 0.345 e. The summed E-state index contributed by atoms with van der Waals surface area (Å²) < 4.78 is 2.60. The fraction of sp³-hybridized carbons (Fsp3) is 0.231. The number of halogens is 1. The minimum Gasteiger partial charge on any atom is -0.345 e. The van der Waals surface area contributed by atoms with Crippen LogP contribution >= 0.6 is 15.9 Å². The lowest BCUT2D eigenvalue weighted by molar-refractivity contribution is 0.0939. The quantitative estimate of drug-likeness (QED) is 0.947. The van der Waals surface area contributed by atoms with Gasteiger partial charge in [0, 0.05) is 17.7 Å². The Hall–Kier alpha value is -1.62. The maximum Gasteiger partial charge on any atom is 0.254 e. The Labute approximate surface area is 114 Å². The van der Waals surface area contributed by atoms with E-state index in [-0.39, 0.29) is 11.9 Å². The normalized spacial score (nSPS) is 12.2. The van der Waals surface area contributed by atoms with Crippen LogP contribution in [0, 0.1) is 0 Å². The summed E-state index contributed by atoms with van der Waals surface area (Å²) in [5, 5.41) is 6.93. The number of aryl methyl sites for hydroxylation is 1. The third-order valence-corrected chi connectivity index (χ3v) is 3.41. The molecular weight excluding hydrogens is 294 g/mol. The van der Waals surface area contributed by atoms with Gasteiger partial charge in [-0.05, 0) is 18.6 Å². The SMILES string of the molecule is CC(NC(=O)c1cnn(C)c1)c1ccccc1Br. The summed E-state index contributed by atoms with van der Waals surface area (Å²) in [6.45, 7) is 1.95. The zero-order valence-corrected chi connectivity index (χ0v) is 11.8. The van der Waals surface area contributed by atoms with Gasteiger partial charge in [0.05, 0.1) is 17.8 Å². The molecule has 2 aromatic rings. The molecule has 1 unspecified atom stereocenters. The van der Waals surface area contributed by atoms with Crippen molar-refractivity contribution < 1.29 is 4.79 Å². The molecule has 0 bridgehead atoms. The number of rotatable bonds is 3. The Morgan fingerprint density at radius 2 is 2.17 bits per heavy atom. The van der Waals surface area contributed by atoms with E-state index in [9.17, 15) is 4.79 Å². The summed E-state index contributed by atoms with van der Waals surface area (Å²) in [6, 6.07) is 7.78. The first-order valence-corrected chi connectivity index (χ1v) is 6.41. The number of aromatic nitrogens is 2. The molecule has 4 nitrogen and oxygen atoms in total. The molecule has 0 spiro atoms. The van der Waals surface area contributed by atoms with Crippen molar-refractivity contribution in [1.29, 1.82) is 0 Å². The van der Waals surface area contributed by atoms with E-state index in [4.69, 9.17) is 0 Å². The predicted octanol–water partition coefficient (Wildman–Crippen LogP) is 2.67. The molecule has 0 aliphatic carbocycles. The van der Waals surface area contributed by atoms with Crippen LogP contribution in [0.25, 0.3) is 0 Å². The Balaban J connectivity index is 2.10. The molecule has 1 heterocycles. The predicted molar refractivity (Wildman–Crippen MR) is 73.2 cm³/mol. The first-order chi connectivity index (χ1) is 8.58. The van der Waals surface area contributed by atoms with Gasteiger partial charge in [0.1, 0.15) is 0 Å². The average Bonchev–Trinajstić information content (AvgIpc) is 2.76. The zero-order chi connectivity index (χ0) is 13.1. The Bertz CT molecular complexity index is 565. The van der Waals surface area contributed by atoms with E-state index >= 15 is 0 Å². The lowest BCUT2D eigenvalue weighted by Crippen LogP contribution is -2.26. The number of nitrogens with zero attached hydrogens (tertiary/aromatic N) is 2. The van der Waals surface area contributed by atoms with Crippen molar-refractivity contribution in [3.63, 3.8) is 0 Å². The molecular formula is C13H14BrN3O. The van der Waals surface area contributed by atoms with Crippen LogP contribution in [0.15, 0.2) is 41.1 Å². The number of carbonyl (C=O) groups is 1. The van der Waals surface area contributed by atoms with Crippen molar-refractivity contribution in [3.05, 3.63) is 52.3 Å². The van der Waals surface area contributed by atoms with Crippen LogP contribution in [-0.4, -0.2) is 15.7 Å². The third-order valence-electron chi connectivity index (χ3n) is 2.69. The van der Waals surface area contributed by atoms with E-state index in [0.717, 1.165) is 10.0 Å². The van der Waals surface area contributed by atoms with E-state index in [2.05, 4.69) is 26.3 Å². The number of benzene rings is 1. The minimum atomic E-state index is -0.119. The topological polar surface area (TPSA) is 46.9 Å². The molecule has 94 valence electrons. The molecule has 0 fully saturated rings. The average molecular weight is 308 g/mol. The number of carbonyl (C=O) groups excluding carboxylic acids is 1. The highest BCUT2D eigenvalue weighted by Crippen LogP contribution is 2.22. The Morgan fingerprint density at radius 3 is 2.78 bits per heavy atom. The highest BCUT2D eigenvalue weighted by Gasteiger charge is 2.14. The molecule has 1 aromatic heterocycles. The molecule has 2 rings (SSSR count). The van der Waals surface area contributed by atoms with Crippen LogP contribution in [-0.2, 0) is 7.05 Å². The van der Waals surface area contributed by atoms with E-state index in [1.54, 1.807) is 24.1 Å². The molecule has 0 saturated heterocycles. The van der Waals surface area contributed by atoms with Crippen LogP contribution in [0.5, 0.6) is 0 Å². The highest BCUT2D eigenvalue weighted by atomic mass is 79.9. The van der Waals surface area contributed by atoms with E-state index in [1.165, 1.54) is 0 Å². The molecule has 5 heteroatoms. The second kappa shape index (κ2) is 5.35.